The van der Waals surface area contributed by atoms with Gasteiger partial charge in [0, 0.05) is 25.7 Å². The molecule has 2 heterocycles. The number of amides is 1. The van der Waals surface area contributed by atoms with Gasteiger partial charge in [-0.3, -0.25) is 9.89 Å². The zero-order chi connectivity index (χ0) is 22.3. The standard InChI is InChI=1S/C24H39N5O2.HI/c1-5-25-22(29-16-13-20(18-29)28-14-9-10-15-28)26-17-21(19-11-7-6-8-12-19)27-23(30)31-24(2,3)4;/h6-8,11-12,20-21H,5,9-10,13-18H2,1-4H3,(H,25,26)(H,27,30);1H. The smallest absolute Gasteiger partial charge is 0.408 e. The highest BCUT2D eigenvalue weighted by Gasteiger charge is 2.31. The molecule has 3 rings (SSSR count). The largest absolute Gasteiger partial charge is 0.444 e. The van der Waals surface area contributed by atoms with Crippen LogP contribution in [0, 0.1) is 0 Å². The van der Waals surface area contributed by atoms with Gasteiger partial charge in [-0.05, 0) is 65.6 Å². The van der Waals surface area contributed by atoms with Crippen molar-refractivity contribution >= 4 is 36.0 Å². The zero-order valence-electron chi connectivity index (χ0n) is 20.0. The van der Waals surface area contributed by atoms with Crippen molar-refractivity contribution < 1.29 is 9.53 Å². The number of alkyl carbamates (subject to hydrolysis) is 1. The number of halogens is 1. The number of carbonyl (C=O) groups excluding carboxylic acids is 1. The first-order chi connectivity index (χ1) is 14.9. The van der Waals surface area contributed by atoms with Crippen molar-refractivity contribution in [1.29, 1.82) is 0 Å². The molecule has 2 fully saturated rings. The van der Waals surface area contributed by atoms with E-state index in [0.29, 0.717) is 12.6 Å². The maximum atomic E-state index is 12.4. The lowest BCUT2D eigenvalue weighted by Crippen LogP contribution is -2.43. The molecule has 32 heavy (non-hydrogen) atoms. The second-order valence-corrected chi connectivity index (χ2v) is 9.44. The third kappa shape index (κ3) is 8.10. The summed E-state index contributed by atoms with van der Waals surface area (Å²) >= 11 is 0. The number of ether oxygens (including phenoxy) is 1. The van der Waals surface area contributed by atoms with Crippen LogP contribution in [0.1, 0.15) is 58.6 Å². The minimum absolute atomic E-state index is 0. The van der Waals surface area contributed by atoms with Crippen molar-refractivity contribution in [2.24, 2.45) is 4.99 Å². The molecule has 2 aliphatic rings. The predicted molar refractivity (Wildman–Crippen MR) is 141 cm³/mol. The number of nitrogens with one attached hydrogen (secondary N) is 2. The van der Waals surface area contributed by atoms with Crippen molar-refractivity contribution in [2.45, 2.75) is 64.6 Å². The van der Waals surface area contributed by atoms with E-state index >= 15 is 0 Å². The number of hydrogen-bond acceptors (Lipinski definition) is 4. The molecular formula is C24H40IN5O2. The zero-order valence-corrected chi connectivity index (χ0v) is 22.3. The molecule has 0 radical (unpaired) electrons. The highest BCUT2D eigenvalue weighted by molar-refractivity contribution is 14.0. The molecule has 7 nitrogen and oxygen atoms in total. The van der Waals surface area contributed by atoms with Gasteiger partial charge in [-0.2, -0.15) is 0 Å². The Hall–Kier alpha value is -1.55. The third-order valence-corrected chi connectivity index (χ3v) is 5.77. The van der Waals surface area contributed by atoms with Gasteiger partial charge in [0.15, 0.2) is 5.96 Å². The van der Waals surface area contributed by atoms with Crippen LogP contribution in [0.15, 0.2) is 35.3 Å². The van der Waals surface area contributed by atoms with Crippen LogP contribution < -0.4 is 10.6 Å². The average Bonchev–Trinajstić information content (AvgIpc) is 3.41. The lowest BCUT2D eigenvalue weighted by molar-refractivity contribution is 0.0505. The van der Waals surface area contributed by atoms with Gasteiger partial charge in [0.2, 0.25) is 0 Å². The fourth-order valence-electron chi connectivity index (χ4n) is 4.31. The topological polar surface area (TPSA) is 69.2 Å². The van der Waals surface area contributed by atoms with E-state index in [1.165, 1.54) is 32.4 Å². The molecule has 2 aliphatic heterocycles. The second-order valence-electron chi connectivity index (χ2n) is 9.44. The Morgan fingerprint density at radius 1 is 1.19 bits per heavy atom. The molecule has 1 amide bonds. The van der Waals surface area contributed by atoms with Gasteiger partial charge in [0.1, 0.15) is 5.60 Å². The molecule has 180 valence electrons. The van der Waals surface area contributed by atoms with Crippen LogP contribution in [0.4, 0.5) is 4.79 Å². The first kappa shape index (κ1) is 26.7. The number of guanidine groups is 1. The number of hydrogen-bond donors (Lipinski definition) is 2. The molecule has 0 bridgehead atoms. The Bertz CT molecular complexity index is 732. The lowest BCUT2D eigenvalue weighted by atomic mass is 10.1. The van der Waals surface area contributed by atoms with Crippen LogP contribution in [0.5, 0.6) is 0 Å². The van der Waals surface area contributed by atoms with Crippen molar-refractivity contribution in [1.82, 2.24) is 20.4 Å². The van der Waals surface area contributed by atoms with Gasteiger partial charge in [0.25, 0.3) is 0 Å². The van der Waals surface area contributed by atoms with E-state index in [-0.39, 0.29) is 30.0 Å². The molecule has 0 saturated carbocycles. The van der Waals surface area contributed by atoms with Crippen molar-refractivity contribution in [3.63, 3.8) is 0 Å². The molecule has 0 aromatic heterocycles. The first-order valence-corrected chi connectivity index (χ1v) is 11.7. The van der Waals surface area contributed by atoms with Crippen LogP contribution in [-0.2, 0) is 4.74 Å². The molecular weight excluding hydrogens is 517 g/mol. The Balaban J connectivity index is 0.00000363. The molecule has 2 unspecified atom stereocenters. The van der Waals surface area contributed by atoms with Gasteiger partial charge >= 0.3 is 6.09 Å². The van der Waals surface area contributed by atoms with Crippen LogP contribution >= 0.6 is 24.0 Å². The molecule has 1 aromatic carbocycles. The number of carbonyl (C=O) groups is 1. The Morgan fingerprint density at radius 2 is 1.88 bits per heavy atom. The SMILES string of the molecule is CCNC(=NCC(NC(=O)OC(C)(C)C)c1ccccc1)N1CCC(N2CCCC2)C1.I. The number of likely N-dealkylation sites (tertiary alicyclic amines) is 2. The van der Waals surface area contributed by atoms with E-state index in [2.05, 4.69) is 27.4 Å². The van der Waals surface area contributed by atoms with Crippen molar-refractivity contribution in [3.05, 3.63) is 35.9 Å². The molecule has 8 heteroatoms. The summed E-state index contributed by atoms with van der Waals surface area (Å²) in [6.07, 6.45) is 3.40. The molecule has 1 aromatic rings. The minimum atomic E-state index is -0.538. The highest BCUT2D eigenvalue weighted by atomic mass is 127. The summed E-state index contributed by atoms with van der Waals surface area (Å²) in [4.78, 5) is 22.4. The first-order valence-electron chi connectivity index (χ1n) is 11.7. The molecule has 0 aliphatic carbocycles. The summed E-state index contributed by atoms with van der Waals surface area (Å²) in [6, 6.07) is 10.3. The van der Waals surface area contributed by atoms with Crippen molar-refractivity contribution in [2.75, 3.05) is 39.3 Å². The van der Waals surface area contributed by atoms with Crippen LogP contribution in [0.3, 0.4) is 0 Å². The van der Waals surface area contributed by atoms with E-state index in [1.54, 1.807) is 0 Å². The van der Waals surface area contributed by atoms with E-state index in [0.717, 1.165) is 31.2 Å². The molecule has 2 N–H and O–H groups in total. The monoisotopic (exact) mass is 557 g/mol. The maximum absolute atomic E-state index is 12.4. The Kier molecular flexibility index (Phi) is 10.5. The summed E-state index contributed by atoms with van der Waals surface area (Å²) in [5.74, 6) is 0.927. The van der Waals surface area contributed by atoms with Crippen LogP contribution in [-0.4, -0.2) is 72.8 Å². The van der Waals surface area contributed by atoms with E-state index < -0.39 is 11.7 Å². The van der Waals surface area contributed by atoms with Gasteiger partial charge in [-0.1, -0.05) is 30.3 Å². The fraction of sp³-hybridized carbons (Fsp3) is 0.667. The van der Waals surface area contributed by atoms with Crippen molar-refractivity contribution in [3.8, 4) is 0 Å². The lowest BCUT2D eigenvalue weighted by Gasteiger charge is -2.26. The van der Waals surface area contributed by atoms with E-state index in [9.17, 15) is 4.79 Å². The predicted octanol–water partition coefficient (Wildman–Crippen LogP) is 4.01. The minimum Gasteiger partial charge on any atom is -0.444 e. The highest BCUT2D eigenvalue weighted by Crippen LogP contribution is 2.21. The summed E-state index contributed by atoms with van der Waals surface area (Å²) < 4.78 is 5.48. The number of benzene rings is 1. The molecule has 0 spiro atoms. The summed E-state index contributed by atoms with van der Waals surface area (Å²) in [5, 5.41) is 6.46. The molecule has 2 atom stereocenters. The summed E-state index contributed by atoms with van der Waals surface area (Å²) in [6.45, 7) is 13.5. The Labute approximate surface area is 210 Å². The normalized spacial score (nSPS) is 20.6. The van der Waals surface area contributed by atoms with Gasteiger partial charge < -0.3 is 20.3 Å². The van der Waals surface area contributed by atoms with E-state index in [1.807, 2.05) is 51.1 Å². The molecule has 2 saturated heterocycles. The van der Waals surface area contributed by atoms with Gasteiger partial charge in [-0.15, -0.1) is 24.0 Å². The fourth-order valence-corrected chi connectivity index (χ4v) is 4.31. The number of aliphatic imine (C=N–C) groups is 1. The third-order valence-electron chi connectivity index (χ3n) is 5.77. The summed E-state index contributed by atoms with van der Waals surface area (Å²) in [5.41, 5.74) is 0.480. The number of rotatable bonds is 6. The van der Waals surface area contributed by atoms with Crippen LogP contribution in [0.2, 0.25) is 0 Å². The Morgan fingerprint density at radius 3 is 2.50 bits per heavy atom. The average molecular weight is 558 g/mol. The number of nitrogens with zero attached hydrogens (tertiary/aromatic N) is 3. The summed E-state index contributed by atoms with van der Waals surface area (Å²) in [7, 11) is 0. The van der Waals surface area contributed by atoms with Gasteiger partial charge in [-0.25, -0.2) is 4.79 Å². The maximum Gasteiger partial charge on any atom is 0.408 e. The van der Waals surface area contributed by atoms with E-state index in [4.69, 9.17) is 9.73 Å². The van der Waals surface area contributed by atoms with Crippen LogP contribution in [0.25, 0.3) is 0 Å². The quantitative estimate of drug-likeness (QED) is 0.315. The second kappa shape index (κ2) is 12.6. The van der Waals surface area contributed by atoms with Gasteiger partial charge in [0.05, 0.1) is 12.6 Å².